The molecule has 27 heavy (non-hydrogen) atoms. The van der Waals surface area contributed by atoms with Crippen LogP contribution in [0.2, 0.25) is 0 Å². The maximum atomic E-state index is 13.1. The average molecular weight is 362 g/mol. The summed E-state index contributed by atoms with van der Waals surface area (Å²) in [6, 6.07) is 17.9. The number of carbonyl (C=O) groups is 2. The van der Waals surface area contributed by atoms with E-state index in [0.717, 1.165) is 11.1 Å². The Kier molecular flexibility index (Phi) is 4.42. The molecule has 136 valence electrons. The third-order valence-electron chi connectivity index (χ3n) is 4.47. The van der Waals surface area contributed by atoms with Gasteiger partial charge < -0.3 is 9.42 Å². The van der Waals surface area contributed by atoms with Crippen LogP contribution in [-0.2, 0) is 17.9 Å². The second-order valence-corrected chi connectivity index (χ2v) is 6.36. The monoisotopic (exact) mass is 362 g/mol. The second kappa shape index (κ2) is 7.03. The number of rotatable bonds is 5. The van der Waals surface area contributed by atoms with Gasteiger partial charge in [0.05, 0.1) is 6.54 Å². The van der Waals surface area contributed by atoms with Gasteiger partial charge in [-0.1, -0.05) is 65.8 Å². The molecule has 2 heterocycles. The van der Waals surface area contributed by atoms with Crippen LogP contribution >= 0.6 is 0 Å². The van der Waals surface area contributed by atoms with Gasteiger partial charge in [0, 0.05) is 13.5 Å². The molecule has 0 bridgehead atoms. The van der Waals surface area contributed by atoms with Crippen LogP contribution in [0.5, 0.6) is 0 Å². The molecule has 1 aliphatic rings. The average Bonchev–Trinajstić information content (AvgIpc) is 3.20. The zero-order valence-electron chi connectivity index (χ0n) is 14.8. The van der Waals surface area contributed by atoms with E-state index in [0.29, 0.717) is 18.3 Å². The van der Waals surface area contributed by atoms with Crippen molar-refractivity contribution in [2.45, 2.75) is 26.1 Å². The molecule has 1 aromatic heterocycles. The van der Waals surface area contributed by atoms with Crippen molar-refractivity contribution in [3.05, 3.63) is 83.5 Å². The third kappa shape index (κ3) is 3.31. The summed E-state index contributed by atoms with van der Waals surface area (Å²) in [5.74, 6) is 0.414. The number of urea groups is 1. The first-order valence-corrected chi connectivity index (χ1v) is 8.63. The Balaban J connectivity index is 1.67. The maximum Gasteiger partial charge on any atom is 0.328 e. The summed E-state index contributed by atoms with van der Waals surface area (Å²) >= 11 is 0. The standard InChI is InChI=1S/C20H18N4O3/c1-14-21-17(22-27-14)13-24-19(25)18(16-10-6-3-7-11-16)23(20(24)26)12-15-8-4-2-5-9-15/h2-11,18H,12-13H2,1H3/t18-/m0/s1. The topological polar surface area (TPSA) is 79.5 Å². The van der Waals surface area contributed by atoms with Gasteiger partial charge in [0.25, 0.3) is 5.91 Å². The number of benzene rings is 2. The molecule has 0 radical (unpaired) electrons. The van der Waals surface area contributed by atoms with Gasteiger partial charge >= 0.3 is 6.03 Å². The number of aromatic nitrogens is 2. The Morgan fingerprint density at radius 2 is 1.63 bits per heavy atom. The molecular formula is C20H18N4O3. The van der Waals surface area contributed by atoms with Gasteiger partial charge in [-0.25, -0.2) is 4.79 Å². The summed E-state index contributed by atoms with van der Waals surface area (Å²) in [7, 11) is 0. The van der Waals surface area contributed by atoms with E-state index < -0.39 is 6.04 Å². The normalized spacial score (nSPS) is 17.0. The Hall–Kier alpha value is -3.48. The molecule has 1 atom stereocenters. The molecule has 0 aliphatic carbocycles. The molecule has 1 fully saturated rings. The minimum atomic E-state index is -0.674. The van der Waals surface area contributed by atoms with E-state index in [2.05, 4.69) is 10.1 Å². The molecule has 3 aromatic rings. The molecule has 3 amide bonds. The predicted octanol–water partition coefficient (Wildman–Crippen LogP) is 3.08. The van der Waals surface area contributed by atoms with Gasteiger partial charge in [0.1, 0.15) is 6.04 Å². The number of imide groups is 1. The number of amides is 3. The molecule has 0 saturated carbocycles. The van der Waals surface area contributed by atoms with Crippen molar-refractivity contribution in [1.82, 2.24) is 19.9 Å². The summed E-state index contributed by atoms with van der Waals surface area (Å²) in [5, 5.41) is 3.80. The van der Waals surface area contributed by atoms with Gasteiger partial charge in [0.15, 0.2) is 5.82 Å². The minimum Gasteiger partial charge on any atom is -0.340 e. The number of aryl methyl sites for hydroxylation is 1. The summed E-state index contributed by atoms with van der Waals surface area (Å²) in [6.45, 7) is 2.00. The molecule has 2 aromatic carbocycles. The van der Waals surface area contributed by atoms with Crippen LogP contribution in [0.1, 0.15) is 28.9 Å². The van der Waals surface area contributed by atoms with E-state index in [1.54, 1.807) is 11.8 Å². The third-order valence-corrected chi connectivity index (χ3v) is 4.47. The Morgan fingerprint density at radius 1 is 0.963 bits per heavy atom. The van der Waals surface area contributed by atoms with Crippen LogP contribution in [0, 0.1) is 6.92 Å². The van der Waals surface area contributed by atoms with Crippen molar-refractivity contribution in [1.29, 1.82) is 0 Å². The molecule has 1 saturated heterocycles. The first-order chi connectivity index (χ1) is 13.1. The van der Waals surface area contributed by atoms with Gasteiger partial charge in [-0.15, -0.1) is 0 Å². The Labute approximate surface area is 156 Å². The highest BCUT2D eigenvalue weighted by atomic mass is 16.5. The first-order valence-electron chi connectivity index (χ1n) is 8.63. The summed E-state index contributed by atoms with van der Waals surface area (Å²) in [6.07, 6.45) is 0. The quantitative estimate of drug-likeness (QED) is 0.652. The fraction of sp³-hybridized carbons (Fsp3) is 0.200. The fourth-order valence-corrected chi connectivity index (χ4v) is 3.23. The Bertz CT molecular complexity index is 956. The Morgan fingerprint density at radius 3 is 2.26 bits per heavy atom. The fourth-order valence-electron chi connectivity index (χ4n) is 3.23. The van der Waals surface area contributed by atoms with Crippen LogP contribution < -0.4 is 0 Å². The van der Waals surface area contributed by atoms with E-state index in [-0.39, 0.29) is 18.5 Å². The summed E-state index contributed by atoms with van der Waals surface area (Å²) in [5.41, 5.74) is 1.73. The number of hydrogen-bond acceptors (Lipinski definition) is 5. The van der Waals surface area contributed by atoms with Crippen molar-refractivity contribution < 1.29 is 14.1 Å². The van der Waals surface area contributed by atoms with Gasteiger partial charge in [-0.3, -0.25) is 9.69 Å². The predicted molar refractivity (Wildman–Crippen MR) is 96.1 cm³/mol. The van der Waals surface area contributed by atoms with Gasteiger partial charge in [-0.05, 0) is 11.1 Å². The highest BCUT2D eigenvalue weighted by Crippen LogP contribution is 2.33. The van der Waals surface area contributed by atoms with Crippen molar-refractivity contribution in [2.24, 2.45) is 0 Å². The maximum absolute atomic E-state index is 13.1. The number of nitrogens with zero attached hydrogens (tertiary/aromatic N) is 4. The second-order valence-electron chi connectivity index (χ2n) is 6.36. The van der Waals surface area contributed by atoms with Gasteiger partial charge in [-0.2, -0.15) is 4.98 Å². The van der Waals surface area contributed by atoms with Crippen LogP contribution in [-0.4, -0.2) is 31.9 Å². The van der Waals surface area contributed by atoms with E-state index in [9.17, 15) is 9.59 Å². The molecule has 0 N–H and O–H groups in total. The van der Waals surface area contributed by atoms with E-state index in [1.807, 2.05) is 60.7 Å². The summed E-state index contributed by atoms with van der Waals surface area (Å²) < 4.78 is 4.96. The smallest absolute Gasteiger partial charge is 0.328 e. The molecule has 7 heteroatoms. The lowest BCUT2D eigenvalue weighted by atomic mass is 10.1. The lowest BCUT2D eigenvalue weighted by Gasteiger charge is -2.22. The van der Waals surface area contributed by atoms with Crippen LogP contribution in [0.4, 0.5) is 4.79 Å². The van der Waals surface area contributed by atoms with Crippen LogP contribution in [0.25, 0.3) is 0 Å². The number of hydrogen-bond donors (Lipinski definition) is 0. The van der Waals surface area contributed by atoms with Crippen molar-refractivity contribution in [3.63, 3.8) is 0 Å². The lowest BCUT2D eigenvalue weighted by Crippen LogP contribution is -2.32. The number of carbonyl (C=O) groups excluding carboxylic acids is 2. The van der Waals surface area contributed by atoms with Crippen molar-refractivity contribution in [3.8, 4) is 0 Å². The summed E-state index contributed by atoms with van der Waals surface area (Å²) in [4.78, 5) is 33.0. The zero-order chi connectivity index (χ0) is 18.8. The molecule has 0 spiro atoms. The van der Waals surface area contributed by atoms with Crippen LogP contribution in [0.15, 0.2) is 65.2 Å². The highest BCUT2D eigenvalue weighted by Gasteiger charge is 2.46. The minimum absolute atomic E-state index is 0.0103. The van der Waals surface area contributed by atoms with E-state index >= 15 is 0 Å². The molecule has 0 unspecified atom stereocenters. The van der Waals surface area contributed by atoms with E-state index in [4.69, 9.17) is 4.52 Å². The van der Waals surface area contributed by atoms with Gasteiger partial charge in [0.2, 0.25) is 5.89 Å². The first kappa shape index (κ1) is 17.0. The molecule has 7 nitrogen and oxygen atoms in total. The van der Waals surface area contributed by atoms with E-state index in [1.165, 1.54) is 4.90 Å². The van der Waals surface area contributed by atoms with Crippen molar-refractivity contribution >= 4 is 11.9 Å². The van der Waals surface area contributed by atoms with Crippen LogP contribution in [0.3, 0.4) is 0 Å². The largest absolute Gasteiger partial charge is 0.340 e. The molecule has 4 rings (SSSR count). The molecule has 1 aliphatic heterocycles. The lowest BCUT2D eigenvalue weighted by molar-refractivity contribution is -0.129. The molecular weight excluding hydrogens is 344 g/mol. The zero-order valence-corrected chi connectivity index (χ0v) is 14.8. The SMILES string of the molecule is Cc1nc(CN2C(=O)[C@H](c3ccccc3)N(Cc3ccccc3)C2=O)no1. The van der Waals surface area contributed by atoms with Crippen molar-refractivity contribution in [2.75, 3.05) is 0 Å². The highest BCUT2D eigenvalue weighted by molar-refractivity contribution is 6.04.